The lowest BCUT2D eigenvalue weighted by Crippen LogP contribution is -1.90. The number of hydrazone groups is 1. The number of rotatable bonds is 0. The van der Waals surface area contributed by atoms with Gasteiger partial charge in [-0.2, -0.15) is 5.10 Å². The molecular formula is C9H7ClN2. The minimum Gasteiger partial charge on any atom is -0.286 e. The summed E-state index contributed by atoms with van der Waals surface area (Å²) in [6, 6.07) is 5.72. The molecule has 0 unspecified atom stereocenters. The van der Waals surface area contributed by atoms with E-state index in [1.807, 2.05) is 24.3 Å². The minimum absolute atomic E-state index is 0.732. The van der Waals surface area contributed by atoms with Gasteiger partial charge in [-0.3, -0.25) is 5.43 Å². The Bertz CT molecular complexity index is 356. The van der Waals surface area contributed by atoms with E-state index >= 15 is 0 Å². The zero-order valence-corrected chi connectivity index (χ0v) is 7.05. The highest BCUT2D eigenvalue weighted by atomic mass is 35.5. The van der Waals surface area contributed by atoms with E-state index in [1.165, 1.54) is 0 Å². The first kappa shape index (κ1) is 7.37. The van der Waals surface area contributed by atoms with Crippen LogP contribution in [0.2, 0.25) is 5.02 Å². The van der Waals surface area contributed by atoms with Crippen molar-refractivity contribution in [1.29, 1.82) is 0 Å². The van der Waals surface area contributed by atoms with E-state index in [4.69, 9.17) is 11.6 Å². The summed E-state index contributed by atoms with van der Waals surface area (Å²) >= 11 is 5.82. The molecule has 0 atom stereocenters. The van der Waals surface area contributed by atoms with Gasteiger partial charge in [0, 0.05) is 16.8 Å². The molecule has 0 radical (unpaired) electrons. The monoisotopic (exact) mass is 178 g/mol. The molecular weight excluding hydrogens is 172 g/mol. The average Bonchev–Trinajstić information content (AvgIpc) is 2.28. The van der Waals surface area contributed by atoms with E-state index in [2.05, 4.69) is 10.5 Å². The van der Waals surface area contributed by atoms with Gasteiger partial charge in [0.1, 0.15) is 0 Å². The van der Waals surface area contributed by atoms with Crippen molar-refractivity contribution in [2.24, 2.45) is 5.10 Å². The van der Waals surface area contributed by atoms with Crippen molar-refractivity contribution in [3.63, 3.8) is 0 Å². The van der Waals surface area contributed by atoms with Gasteiger partial charge in [-0.1, -0.05) is 17.7 Å². The molecule has 1 aromatic carbocycles. The fourth-order valence-electron chi connectivity index (χ4n) is 1.09. The second-order valence-corrected chi connectivity index (χ2v) is 2.93. The average molecular weight is 179 g/mol. The fraction of sp³-hybridized carbons (Fsp3) is 0. The highest BCUT2D eigenvalue weighted by molar-refractivity contribution is 6.30. The van der Waals surface area contributed by atoms with E-state index in [-0.39, 0.29) is 0 Å². The van der Waals surface area contributed by atoms with Crippen LogP contribution in [0.1, 0.15) is 11.1 Å². The van der Waals surface area contributed by atoms with Crippen LogP contribution in [0.25, 0.3) is 6.08 Å². The molecule has 1 aromatic rings. The highest BCUT2D eigenvalue weighted by Crippen LogP contribution is 2.16. The van der Waals surface area contributed by atoms with Gasteiger partial charge >= 0.3 is 0 Å². The Balaban J connectivity index is 2.58. The Hall–Kier alpha value is -1.28. The first-order chi connectivity index (χ1) is 5.86. The zero-order valence-electron chi connectivity index (χ0n) is 6.29. The van der Waals surface area contributed by atoms with Crippen LogP contribution in [0.4, 0.5) is 0 Å². The van der Waals surface area contributed by atoms with E-state index in [0.29, 0.717) is 0 Å². The number of nitrogens with zero attached hydrogens (tertiary/aromatic N) is 1. The molecule has 0 fully saturated rings. The molecule has 2 rings (SSSR count). The third-order valence-electron chi connectivity index (χ3n) is 1.66. The molecule has 0 spiro atoms. The van der Waals surface area contributed by atoms with Crippen molar-refractivity contribution in [3.05, 3.63) is 40.5 Å². The zero-order chi connectivity index (χ0) is 8.39. The molecule has 1 aliphatic rings. The molecule has 0 amide bonds. The SMILES string of the molecule is Clc1ccc2c(c1)C=NNC=C2. The summed E-state index contributed by atoms with van der Waals surface area (Å²) in [6.45, 7) is 0. The van der Waals surface area contributed by atoms with Crippen LogP contribution in [-0.2, 0) is 0 Å². The van der Waals surface area contributed by atoms with Crippen LogP contribution in [0, 0.1) is 0 Å². The molecule has 0 saturated carbocycles. The van der Waals surface area contributed by atoms with Crippen LogP contribution in [0.3, 0.4) is 0 Å². The molecule has 0 bridgehead atoms. The predicted molar refractivity (Wildman–Crippen MR) is 51.2 cm³/mol. The Morgan fingerprint density at radius 1 is 1.25 bits per heavy atom. The largest absolute Gasteiger partial charge is 0.286 e. The molecule has 1 heterocycles. The Morgan fingerprint density at radius 2 is 2.17 bits per heavy atom. The van der Waals surface area contributed by atoms with Crippen molar-refractivity contribution >= 4 is 23.9 Å². The van der Waals surface area contributed by atoms with Crippen molar-refractivity contribution in [2.75, 3.05) is 0 Å². The van der Waals surface area contributed by atoms with E-state index in [0.717, 1.165) is 16.1 Å². The summed E-state index contributed by atoms with van der Waals surface area (Å²) in [5, 5.41) is 4.66. The van der Waals surface area contributed by atoms with E-state index < -0.39 is 0 Å². The van der Waals surface area contributed by atoms with Crippen LogP contribution >= 0.6 is 11.6 Å². The van der Waals surface area contributed by atoms with Gasteiger partial charge in [-0.15, -0.1) is 0 Å². The maximum atomic E-state index is 5.82. The molecule has 12 heavy (non-hydrogen) atoms. The van der Waals surface area contributed by atoms with Gasteiger partial charge in [0.25, 0.3) is 0 Å². The normalized spacial score (nSPS) is 13.4. The van der Waals surface area contributed by atoms with Crippen LogP contribution in [0.15, 0.2) is 29.5 Å². The third kappa shape index (κ3) is 1.34. The minimum atomic E-state index is 0.732. The Morgan fingerprint density at radius 3 is 3.08 bits per heavy atom. The van der Waals surface area contributed by atoms with Crippen LogP contribution in [-0.4, -0.2) is 6.21 Å². The smallest absolute Gasteiger partial charge is 0.0551 e. The molecule has 2 nitrogen and oxygen atoms in total. The molecule has 60 valence electrons. The molecule has 0 saturated heterocycles. The second-order valence-electron chi connectivity index (χ2n) is 2.49. The van der Waals surface area contributed by atoms with Gasteiger partial charge in [0.15, 0.2) is 0 Å². The van der Waals surface area contributed by atoms with Crippen LogP contribution in [0.5, 0.6) is 0 Å². The summed E-state index contributed by atoms with van der Waals surface area (Å²) in [5.41, 5.74) is 4.91. The molecule has 0 aromatic heterocycles. The van der Waals surface area contributed by atoms with Gasteiger partial charge in [-0.25, -0.2) is 0 Å². The molecule has 1 N–H and O–H groups in total. The number of hydrogen-bond donors (Lipinski definition) is 1. The summed E-state index contributed by atoms with van der Waals surface area (Å²) in [6.07, 6.45) is 5.50. The highest BCUT2D eigenvalue weighted by Gasteiger charge is 1.99. The lowest BCUT2D eigenvalue weighted by Gasteiger charge is -1.97. The first-order valence-electron chi connectivity index (χ1n) is 3.61. The number of nitrogens with one attached hydrogen (secondary N) is 1. The van der Waals surface area contributed by atoms with E-state index in [9.17, 15) is 0 Å². The first-order valence-corrected chi connectivity index (χ1v) is 3.99. The van der Waals surface area contributed by atoms with Crippen molar-refractivity contribution < 1.29 is 0 Å². The van der Waals surface area contributed by atoms with Gasteiger partial charge in [0.2, 0.25) is 0 Å². The van der Waals surface area contributed by atoms with Crippen molar-refractivity contribution in [2.45, 2.75) is 0 Å². The number of benzene rings is 1. The maximum absolute atomic E-state index is 5.82. The second kappa shape index (κ2) is 2.99. The van der Waals surface area contributed by atoms with Gasteiger partial charge in [-0.05, 0) is 23.8 Å². The van der Waals surface area contributed by atoms with Gasteiger partial charge < -0.3 is 0 Å². The molecule has 0 aliphatic carbocycles. The predicted octanol–water partition coefficient (Wildman–Crippen LogP) is 2.25. The molecule has 1 aliphatic heterocycles. The van der Waals surface area contributed by atoms with Crippen molar-refractivity contribution in [1.82, 2.24) is 5.43 Å². The fourth-order valence-corrected chi connectivity index (χ4v) is 1.27. The van der Waals surface area contributed by atoms with E-state index in [1.54, 1.807) is 12.4 Å². The quantitative estimate of drug-likeness (QED) is 0.648. The van der Waals surface area contributed by atoms with Crippen LogP contribution < -0.4 is 5.43 Å². The van der Waals surface area contributed by atoms with Gasteiger partial charge in [0.05, 0.1) is 6.21 Å². The summed E-state index contributed by atoms with van der Waals surface area (Å²) in [7, 11) is 0. The topological polar surface area (TPSA) is 24.4 Å². The summed E-state index contributed by atoms with van der Waals surface area (Å²) < 4.78 is 0. The maximum Gasteiger partial charge on any atom is 0.0551 e. The lowest BCUT2D eigenvalue weighted by molar-refractivity contribution is 0.985. The Kier molecular flexibility index (Phi) is 1.84. The van der Waals surface area contributed by atoms with Crippen molar-refractivity contribution in [3.8, 4) is 0 Å². The molecule has 3 heteroatoms. The summed E-state index contributed by atoms with van der Waals surface area (Å²) in [4.78, 5) is 0. The Labute approximate surface area is 75.5 Å². The number of hydrogen-bond acceptors (Lipinski definition) is 2. The third-order valence-corrected chi connectivity index (χ3v) is 1.90. The summed E-state index contributed by atoms with van der Waals surface area (Å²) in [5.74, 6) is 0. The standard InChI is InChI=1S/C9H7ClN2/c10-9-2-1-7-3-4-11-12-6-8(7)5-9/h1-6,11H. The lowest BCUT2D eigenvalue weighted by atomic mass is 10.1. The number of halogens is 1. The number of fused-ring (bicyclic) bond motifs is 1.